The molecule has 3 aromatic carbocycles. The zero-order chi connectivity index (χ0) is 15.5. The summed E-state index contributed by atoms with van der Waals surface area (Å²) in [5, 5.41) is 8.54. The van der Waals surface area contributed by atoms with Crippen LogP contribution in [0.4, 0.5) is 5.69 Å². The van der Waals surface area contributed by atoms with Crippen molar-refractivity contribution in [2.75, 3.05) is 0 Å². The van der Waals surface area contributed by atoms with Gasteiger partial charge in [0.25, 0.3) is 0 Å². The number of para-hydroxylation sites is 2. The largest absolute Gasteiger partial charge is 0.229 e. The molecule has 0 unspecified atom stereocenters. The highest BCUT2D eigenvalue weighted by atomic mass is 15.4. The molecule has 1 heterocycles. The van der Waals surface area contributed by atoms with Gasteiger partial charge in [-0.3, -0.25) is 0 Å². The summed E-state index contributed by atoms with van der Waals surface area (Å²) < 4.78 is 1.79. The monoisotopic (exact) mass is 298 g/mol. The van der Waals surface area contributed by atoms with E-state index in [1.165, 1.54) is 0 Å². The number of hydrogen-bond donors (Lipinski definition) is 0. The van der Waals surface area contributed by atoms with Crippen molar-refractivity contribution in [1.82, 2.24) is 15.0 Å². The van der Waals surface area contributed by atoms with Gasteiger partial charge < -0.3 is 0 Å². The van der Waals surface area contributed by atoms with E-state index < -0.39 is 0 Å². The molecule has 110 valence electrons. The predicted octanol–water partition coefficient (Wildman–Crippen LogP) is 4.06. The van der Waals surface area contributed by atoms with Gasteiger partial charge in [-0.15, -0.1) is 5.10 Å². The van der Waals surface area contributed by atoms with E-state index in [0.29, 0.717) is 0 Å². The van der Waals surface area contributed by atoms with Crippen molar-refractivity contribution >= 4 is 22.6 Å². The molecule has 0 amide bonds. The molecule has 4 rings (SSSR count). The molecule has 4 aromatic rings. The lowest BCUT2D eigenvalue weighted by atomic mass is 10.2. The summed E-state index contributed by atoms with van der Waals surface area (Å²) in [6.07, 6.45) is 0. The van der Waals surface area contributed by atoms with Gasteiger partial charge in [-0.05, 0) is 24.3 Å². The number of aromatic nitrogens is 3. The van der Waals surface area contributed by atoms with E-state index in [2.05, 4.69) is 10.3 Å². The van der Waals surface area contributed by atoms with Gasteiger partial charge in [0.15, 0.2) is 5.84 Å². The third kappa shape index (κ3) is 2.62. The van der Waals surface area contributed by atoms with Crippen molar-refractivity contribution in [3.63, 3.8) is 0 Å². The highest BCUT2D eigenvalue weighted by Gasteiger charge is 2.12. The zero-order valence-corrected chi connectivity index (χ0v) is 12.4. The summed E-state index contributed by atoms with van der Waals surface area (Å²) in [6.45, 7) is 0. The normalized spacial score (nSPS) is 11.7. The smallest absolute Gasteiger partial charge is 0.163 e. The van der Waals surface area contributed by atoms with Crippen LogP contribution in [0.3, 0.4) is 0 Å². The minimum absolute atomic E-state index is 0.755. The molecule has 0 N–H and O–H groups in total. The fourth-order valence-electron chi connectivity index (χ4n) is 2.47. The Labute approximate surface area is 133 Å². The van der Waals surface area contributed by atoms with Crippen molar-refractivity contribution < 1.29 is 0 Å². The summed E-state index contributed by atoms with van der Waals surface area (Å²) in [5.41, 5.74) is 3.66. The number of fused-ring (bicyclic) bond motifs is 1. The SMILES string of the molecule is c1ccc(N=C(c2ccccc2)n2nnc3ccccc32)cc1. The van der Waals surface area contributed by atoms with Crippen LogP contribution in [0.1, 0.15) is 5.56 Å². The molecule has 4 heteroatoms. The standard InChI is InChI=1S/C19H14N4/c1-3-9-15(10-4-1)19(20-16-11-5-2-6-12-16)23-18-14-8-7-13-17(18)21-22-23/h1-14H. The lowest BCUT2D eigenvalue weighted by molar-refractivity contribution is 0.861. The average Bonchev–Trinajstić information content (AvgIpc) is 3.05. The van der Waals surface area contributed by atoms with Crippen LogP contribution >= 0.6 is 0 Å². The number of nitrogens with zero attached hydrogens (tertiary/aromatic N) is 4. The first-order valence-corrected chi connectivity index (χ1v) is 7.42. The molecule has 0 atom stereocenters. The second-order valence-corrected chi connectivity index (χ2v) is 5.13. The van der Waals surface area contributed by atoms with Crippen molar-refractivity contribution in [2.45, 2.75) is 0 Å². The van der Waals surface area contributed by atoms with Crippen LogP contribution in [0, 0.1) is 0 Å². The van der Waals surface area contributed by atoms with Crippen LogP contribution in [0.25, 0.3) is 11.0 Å². The Bertz CT molecular complexity index is 956. The van der Waals surface area contributed by atoms with Gasteiger partial charge in [0, 0.05) is 5.56 Å². The van der Waals surface area contributed by atoms with Crippen molar-refractivity contribution in [2.24, 2.45) is 4.99 Å². The summed E-state index contributed by atoms with van der Waals surface area (Å²) in [6, 6.07) is 27.8. The maximum absolute atomic E-state index is 4.80. The Morgan fingerprint density at radius 3 is 2.17 bits per heavy atom. The minimum Gasteiger partial charge on any atom is -0.229 e. The van der Waals surface area contributed by atoms with E-state index in [4.69, 9.17) is 4.99 Å². The lowest BCUT2D eigenvalue weighted by Crippen LogP contribution is -2.15. The number of rotatable bonds is 2. The Hall–Kier alpha value is -3.27. The Morgan fingerprint density at radius 2 is 1.39 bits per heavy atom. The van der Waals surface area contributed by atoms with E-state index >= 15 is 0 Å². The van der Waals surface area contributed by atoms with Crippen LogP contribution in [0.15, 0.2) is 89.9 Å². The first kappa shape index (κ1) is 13.4. The Kier molecular flexibility index (Phi) is 3.41. The second kappa shape index (κ2) is 5.85. The van der Waals surface area contributed by atoms with Crippen LogP contribution in [0.2, 0.25) is 0 Å². The van der Waals surface area contributed by atoms with E-state index in [0.717, 1.165) is 28.1 Å². The van der Waals surface area contributed by atoms with Crippen LogP contribution in [-0.2, 0) is 0 Å². The summed E-state index contributed by atoms with van der Waals surface area (Å²) in [5.74, 6) is 0.755. The minimum atomic E-state index is 0.755. The fraction of sp³-hybridized carbons (Fsp3) is 0. The molecule has 0 aliphatic rings. The highest BCUT2D eigenvalue weighted by molar-refractivity contribution is 6.05. The maximum atomic E-state index is 4.80. The quantitative estimate of drug-likeness (QED) is 0.414. The second-order valence-electron chi connectivity index (χ2n) is 5.13. The van der Waals surface area contributed by atoms with Crippen molar-refractivity contribution in [1.29, 1.82) is 0 Å². The van der Waals surface area contributed by atoms with Crippen molar-refractivity contribution in [3.8, 4) is 0 Å². The number of hydrogen-bond acceptors (Lipinski definition) is 3. The molecule has 0 saturated heterocycles. The summed E-state index contributed by atoms with van der Waals surface area (Å²) in [4.78, 5) is 4.80. The topological polar surface area (TPSA) is 43.1 Å². The van der Waals surface area contributed by atoms with Gasteiger partial charge >= 0.3 is 0 Å². The highest BCUT2D eigenvalue weighted by Crippen LogP contribution is 2.17. The Morgan fingerprint density at radius 1 is 0.739 bits per heavy atom. The molecule has 0 fully saturated rings. The first-order chi connectivity index (χ1) is 11.4. The molecule has 0 aliphatic carbocycles. The third-order valence-corrected chi connectivity index (χ3v) is 3.58. The molecule has 23 heavy (non-hydrogen) atoms. The fourth-order valence-corrected chi connectivity index (χ4v) is 2.47. The van der Waals surface area contributed by atoms with Gasteiger partial charge in [-0.1, -0.05) is 65.9 Å². The summed E-state index contributed by atoms with van der Waals surface area (Å²) >= 11 is 0. The van der Waals surface area contributed by atoms with Gasteiger partial charge in [0.1, 0.15) is 5.52 Å². The van der Waals surface area contributed by atoms with Gasteiger partial charge in [0.2, 0.25) is 0 Å². The van der Waals surface area contributed by atoms with E-state index in [1.807, 2.05) is 84.9 Å². The first-order valence-electron chi connectivity index (χ1n) is 7.42. The van der Waals surface area contributed by atoms with Crippen LogP contribution in [-0.4, -0.2) is 20.8 Å². The predicted molar refractivity (Wildman–Crippen MR) is 92.0 cm³/mol. The van der Waals surface area contributed by atoms with Crippen LogP contribution in [0.5, 0.6) is 0 Å². The third-order valence-electron chi connectivity index (χ3n) is 3.58. The van der Waals surface area contributed by atoms with E-state index in [-0.39, 0.29) is 0 Å². The van der Waals surface area contributed by atoms with Gasteiger partial charge in [-0.25, -0.2) is 4.99 Å². The molecule has 0 spiro atoms. The molecule has 0 radical (unpaired) electrons. The van der Waals surface area contributed by atoms with Crippen LogP contribution < -0.4 is 0 Å². The zero-order valence-electron chi connectivity index (χ0n) is 12.4. The molecule has 0 bridgehead atoms. The molecular weight excluding hydrogens is 284 g/mol. The average molecular weight is 298 g/mol. The van der Waals surface area contributed by atoms with E-state index in [1.54, 1.807) is 4.68 Å². The van der Waals surface area contributed by atoms with Gasteiger partial charge in [0.05, 0.1) is 11.2 Å². The molecule has 0 aliphatic heterocycles. The lowest BCUT2D eigenvalue weighted by Gasteiger charge is -2.07. The number of aliphatic imine (C=N–C) groups is 1. The van der Waals surface area contributed by atoms with Gasteiger partial charge in [-0.2, -0.15) is 4.68 Å². The van der Waals surface area contributed by atoms with E-state index in [9.17, 15) is 0 Å². The summed E-state index contributed by atoms with van der Waals surface area (Å²) in [7, 11) is 0. The molecule has 1 aromatic heterocycles. The molecule has 0 saturated carbocycles. The van der Waals surface area contributed by atoms with Crippen molar-refractivity contribution in [3.05, 3.63) is 90.5 Å². The Balaban J connectivity index is 1.94. The number of benzene rings is 3. The molecule has 4 nitrogen and oxygen atoms in total. The molecular formula is C19H14N4. The maximum Gasteiger partial charge on any atom is 0.163 e.